The van der Waals surface area contributed by atoms with E-state index in [0.717, 1.165) is 12.2 Å². The third kappa shape index (κ3) is 4.60. The molecule has 0 aromatic heterocycles. The first kappa shape index (κ1) is 15.0. The predicted molar refractivity (Wildman–Crippen MR) is 76.4 cm³/mol. The van der Waals surface area contributed by atoms with Gasteiger partial charge in [0.15, 0.2) is 0 Å². The Balaban J connectivity index is 2.60. The van der Waals surface area contributed by atoms with E-state index in [0.29, 0.717) is 18.7 Å². The highest BCUT2D eigenvalue weighted by atomic mass is 16.2. The maximum Gasteiger partial charge on any atom is 0.241 e. The highest BCUT2D eigenvalue weighted by Crippen LogP contribution is 2.12. The van der Waals surface area contributed by atoms with Crippen LogP contribution in [-0.4, -0.2) is 29.9 Å². The van der Waals surface area contributed by atoms with Gasteiger partial charge in [-0.3, -0.25) is 9.69 Å². The third-order valence-electron chi connectivity index (χ3n) is 3.02. The fourth-order valence-electron chi connectivity index (χ4n) is 1.80. The third-order valence-corrected chi connectivity index (χ3v) is 3.02. The van der Waals surface area contributed by atoms with Crippen LogP contribution in [0, 0.1) is 11.3 Å². The minimum Gasteiger partial charge on any atom is -0.399 e. The van der Waals surface area contributed by atoms with Crippen LogP contribution in [0.4, 0.5) is 11.4 Å². The standard InChI is InChI=1S/C14H20N4O/c1-3-18(10-4-9-15)11(2)14(19)17-13-7-5-12(16)6-8-13/h5-8,11H,3-4,10,16H2,1-2H3,(H,17,19). The van der Waals surface area contributed by atoms with Gasteiger partial charge in [-0.15, -0.1) is 0 Å². The number of carbonyl (C=O) groups excluding carboxylic acids is 1. The zero-order valence-corrected chi connectivity index (χ0v) is 11.4. The second kappa shape index (κ2) is 7.39. The lowest BCUT2D eigenvalue weighted by atomic mass is 10.2. The van der Waals surface area contributed by atoms with E-state index in [9.17, 15) is 4.79 Å². The Morgan fingerprint density at radius 2 is 2.11 bits per heavy atom. The Morgan fingerprint density at radius 3 is 2.63 bits per heavy atom. The van der Waals surface area contributed by atoms with Crippen molar-refractivity contribution in [3.63, 3.8) is 0 Å². The van der Waals surface area contributed by atoms with Gasteiger partial charge >= 0.3 is 0 Å². The van der Waals surface area contributed by atoms with Gasteiger partial charge in [-0.2, -0.15) is 5.26 Å². The number of hydrogen-bond acceptors (Lipinski definition) is 4. The maximum atomic E-state index is 12.1. The smallest absolute Gasteiger partial charge is 0.241 e. The Bertz CT molecular complexity index is 450. The van der Waals surface area contributed by atoms with Gasteiger partial charge in [-0.1, -0.05) is 6.92 Å². The predicted octanol–water partition coefficient (Wildman–Crippen LogP) is 1.83. The van der Waals surface area contributed by atoms with Crippen molar-refractivity contribution in [3.8, 4) is 6.07 Å². The number of carbonyl (C=O) groups is 1. The molecule has 3 N–H and O–H groups in total. The molecule has 19 heavy (non-hydrogen) atoms. The highest BCUT2D eigenvalue weighted by Gasteiger charge is 2.19. The lowest BCUT2D eigenvalue weighted by Gasteiger charge is -2.25. The molecule has 5 nitrogen and oxygen atoms in total. The van der Waals surface area contributed by atoms with Crippen LogP contribution in [0.3, 0.4) is 0 Å². The molecule has 0 heterocycles. The number of nitrogen functional groups attached to an aromatic ring is 1. The molecule has 0 aliphatic carbocycles. The lowest BCUT2D eigenvalue weighted by molar-refractivity contribution is -0.120. The van der Waals surface area contributed by atoms with Gasteiger partial charge in [0.1, 0.15) is 0 Å². The summed E-state index contributed by atoms with van der Waals surface area (Å²) in [5.74, 6) is -0.0791. The second-order valence-electron chi connectivity index (χ2n) is 4.32. The van der Waals surface area contributed by atoms with Crippen molar-refractivity contribution < 1.29 is 4.79 Å². The number of likely N-dealkylation sites (N-methyl/N-ethyl adjacent to an activating group) is 1. The SMILES string of the molecule is CCN(CCC#N)C(C)C(=O)Nc1ccc(N)cc1. The summed E-state index contributed by atoms with van der Waals surface area (Å²) >= 11 is 0. The molecule has 0 radical (unpaired) electrons. The molecule has 1 atom stereocenters. The van der Waals surface area contributed by atoms with Crippen LogP contribution in [0.15, 0.2) is 24.3 Å². The van der Waals surface area contributed by atoms with E-state index < -0.39 is 0 Å². The van der Waals surface area contributed by atoms with E-state index in [1.165, 1.54) is 0 Å². The van der Waals surface area contributed by atoms with Crippen LogP contribution >= 0.6 is 0 Å². The van der Waals surface area contributed by atoms with Gasteiger partial charge in [0.2, 0.25) is 5.91 Å². The van der Waals surface area contributed by atoms with Crippen molar-refractivity contribution >= 4 is 17.3 Å². The summed E-state index contributed by atoms with van der Waals surface area (Å²) in [5.41, 5.74) is 6.98. The molecule has 1 amide bonds. The fraction of sp³-hybridized carbons (Fsp3) is 0.429. The lowest BCUT2D eigenvalue weighted by Crippen LogP contribution is -2.42. The molecular formula is C14H20N4O. The number of nitrogens with zero attached hydrogens (tertiary/aromatic N) is 2. The molecule has 0 fully saturated rings. The molecule has 1 unspecified atom stereocenters. The largest absolute Gasteiger partial charge is 0.399 e. The van der Waals surface area contributed by atoms with Gasteiger partial charge in [-0.25, -0.2) is 0 Å². The van der Waals surface area contributed by atoms with Crippen LogP contribution in [0.1, 0.15) is 20.3 Å². The first-order valence-electron chi connectivity index (χ1n) is 6.36. The van der Waals surface area contributed by atoms with Gasteiger partial charge in [0, 0.05) is 24.3 Å². The van der Waals surface area contributed by atoms with Crippen molar-refractivity contribution in [2.75, 3.05) is 24.1 Å². The summed E-state index contributed by atoms with van der Waals surface area (Å²) < 4.78 is 0. The monoisotopic (exact) mass is 260 g/mol. The Morgan fingerprint density at radius 1 is 1.47 bits per heavy atom. The van der Waals surface area contributed by atoms with Gasteiger partial charge in [0.05, 0.1) is 12.1 Å². The van der Waals surface area contributed by atoms with Crippen LogP contribution in [0.5, 0.6) is 0 Å². The average Bonchev–Trinajstić information content (AvgIpc) is 2.42. The Kier molecular flexibility index (Phi) is 5.83. The van der Waals surface area contributed by atoms with Crippen LogP contribution in [0.25, 0.3) is 0 Å². The molecule has 0 spiro atoms. The van der Waals surface area contributed by atoms with Crippen LogP contribution < -0.4 is 11.1 Å². The average molecular weight is 260 g/mol. The Labute approximate surface area is 114 Å². The summed E-state index contributed by atoms with van der Waals surface area (Å²) in [4.78, 5) is 14.1. The molecule has 1 aromatic rings. The minimum atomic E-state index is -0.268. The molecule has 5 heteroatoms. The van der Waals surface area contributed by atoms with Gasteiger partial charge in [-0.05, 0) is 37.7 Å². The van der Waals surface area contributed by atoms with Crippen molar-refractivity contribution in [2.24, 2.45) is 0 Å². The second-order valence-corrected chi connectivity index (χ2v) is 4.32. The number of nitriles is 1. The number of rotatable bonds is 6. The zero-order valence-electron chi connectivity index (χ0n) is 11.4. The number of hydrogen-bond donors (Lipinski definition) is 2. The summed E-state index contributed by atoms with van der Waals surface area (Å²) in [6.07, 6.45) is 0.424. The van der Waals surface area contributed by atoms with E-state index in [1.807, 2.05) is 18.7 Å². The first-order chi connectivity index (χ1) is 9.08. The number of benzene rings is 1. The quantitative estimate of drug-likeness (QED) is 0.764. The molecule has 0 bridgehead atoms. The van der Waals surface area contributed by atoms with Crippen molar-refractivity contribution in [1.29, 1.82) is 5.26 Å². The first-order valence-corrected chi connectivity index (χ1v) is 6.36. The van der Waals surface area contributed by atoms with Gasteiger partial charge < -0.3 is 11.1 Å². The molecule has 1 rings (SSSR count). The number of amides is 1. The highest BCUT2D eigenvalue weighted by molar-refractivity contribution is 5.94. The van der Waals surface area contributed by atoms with E-state index >= 15 is 0 Å². The van der Waals surface area contributed by atoms with Gasteiger partial charge in [0.25, 0.3) is 0 Å². The topological polar surface area (TPSA) is 82.2 Å². The molecule has 102 valence electrons. The minimum absolute atomic E-state index is 0.0791. The summed E-state index contributed by atoms with van der Waals surface area (Å²) in [5, 5.41) is 11.4. The molecular weight excluding hydrogens is 240 g/mol. The van der Waals surface area contributed by atoms with Crippen molar-refractivity contribution in [2.45, 2.75) is 26.3 Å². The zero-order chi connectivity index (χ0) is 14.3. The molecule has 0 aliphatic rings. The van der Waals surface area contributed by atoms with E-state index in [4.69, 9.17) is 11.0 Å². The normalized spacial score (nSPS) is 11.9. The number of nitrogens with two attached hydrogens (primary N) is 1. The molecule has 0 aliphatic heterocycles. The summed E-state index contributed by atoms with van der Waals surface area (Å²) in [7, 11) is 0. The summed E-state index contributed by atoms with van der Waals surface area (Å²) in [6.45, 7) is 5.15. The summed E-state index contributed by atoms with van der Waals surface area (Å²) in [6, 6.07) is 8.85. The van der Waals surface area contributed by atoms with Crippen LogP contribution in [0.2, 0.25) is 0 Å². The van der Waals surface area contributed by atoms with Crippen molar-refractivity contribution in [3.05, 3.63) is 24.3 Å². The number of nitrogens with one attached hydrogen (secondary N) is 1. The van der Waals surface area contributed by atoms with E-state index in [2.05, 4.69) is 11.4 Å². The molecule has 0 saturated heterocycles. The van der Waals surface area contributed by atoms with E-state index in [-0.39, 0.29) is 11.9 Å². The maximum absolute atomic E-state index is 12.1. The van der Waals surface area contributed by atoms with Crippen molar-refractivity contribution in [1.82, 2.24) is 4.90 Å². The molecule has 0 saturated carbocycles. The fourth-order valence-corrected chi connectivity index (χ4v) is 1.80. The number of anilines is 2. The Hall–Kier alpha value is -2.06. The van der Waals surface area contributed by atoms with E-state index in [1.54, 1.807) is 24.3 Å². The molecule has 1 aromatic carbocycles. The van der Waals surface area contributed by atoms with Crippen LogP contribution in [-0.2, 0) is 4.79 Å².